The van der Waals surface area contributed by atoms with E-state index in [0.29, 0.717) is 37.6 Å². The molecule has 1 atom stereocenters. The fourth-order valence-corrected chi connectivity index (χ4v) is 4.11. The highest BCUT2D eigenvalue weighted by molar-refractivity contribution is 5.43. The second-order valence-corrected chi connectivity index (χ2v) is 7.94. The van der Waals surface area contributed by atoms with Crippen molar-refractivity contribution in [3.63, 3.8) is 0 Å². The van der Waals surface area contributed by atoms with Crippen molar-refractivity contribution in [2.75, 3.05) is 26.9 Å². The lowest BCUT2D eigenvalue weighted by atomic mass is 10.1. The van der Waals surface area contributed by atoms with Gasteiger partial charge in [-0.05, 0) is 49.6 Å². The van der Waals surface area contributed by atoms with Crippen molar-refractivity contribution in [2.24, 2.45) is 0 Å². The van der Waals surface area contributed by atoms with E-state index in [1.54, 1.807) is 20.1 Å². The van der Waals surface area contributed by atoms with E-state index < -0.39 is 11.9 Å². The highest BCUT2D eigenvalue weighted by Crippen LogP contribution is 2.35. The van der Waals surface area contributed by atoms with E-state index in [9.17, 15) is 13.2 Å². The minimum atomic E-state index is -4.49. The minimum absolute atomic E-state index is 0.0412. The summed E-state index contributed by atoms with van der Waals surface area (Å²) in [6.07, 6.45) is -2.24. The van der Waals surface area contributed by atoms with Crippen LogP contribution < -0.4 is 4.74 Å². The molecule has 0 N–H and O–H groups in total. The smallest absolute Gasteiger partial charge is 0.433 e. The molecule has 172 valence electrons. The molecule has 4 rings (SSSR count). The number of benzene rings is 1. The zero-order valence-corrected chi connectivity index (χ0v) is 18.2. The zero-order chi connectivity index (χ0) is 22.7. The van der Waals surface area contributed by atoms with Crippen molar-refractivity contribution in [3.8, 4) is 5.75 Å². The molecule has 1 aliphatic heterocycles. The van der Waals surface area contributed by atoms with Crippen LogP contribution in [0.4, 0.5) is 13.2 Å². The number of fused-ring (bicyclic) bond motifs is 1. The van der Waals surface area contributed by atoms with Crippen LogP contribution in [0.2, 0.25) is 0 Å². The Kier molecular flexibility index (Phi) is 6.66. The van der Waals surface area contributed by atoms with Crippen molar-refractivity contribution in [1.29, 1.82) is 0 Å². The van der Waals surface area contributed by atoms with Gasteiger partial charge in [-0.25, -0.2) is 9.50 Å². The summed E-state index contributed by atoms with van der Waals surface area (Å²) in [7, 11) is 1.63. The molecular formula is C23H27F3N4O2. The molecule has 0 amide bonds. The van der Waals surface area contributed by atoms with E-state index in [1.165, 1.54) is 0 Å². The number of aromatic nitrogens is 3. The highest BCUT2D eigenvalue weighted by atomic mass is 19.4. The molecule has 0 saturated carbocycles. The maximum absolute atomic E-state index is 13.6. The second kappa shape index (κ2) is 9.46. The van der Waals surface area contributed by atoms with Gasteiger partial charge in [-0.15, -0.1) is 0 Å². The number of ether oxygens (including phenoxy) is 2. The summed E-state index contributed by atoms with van der Waals surface area (Å²) >= 11 is 0. The number of methoxy groups -OCH3 is 1. The van der Waals surface area contributed by atoms with Crippen molar-refractivity contribution >= 4 is 5.65 Å². The number of likely N-dealkylation sites (tertiary alicyclic amines) is 1. The molecule has 0 radical (unpaired) electrons. The molecule has 1 unspecified atom stereocenters. The van der Waals surface area contributed by atoms with E-state index in [1.807, 2.05) is 24.3 Å². The predicted octanol–water partition coefficient (Wildman–Crippen LogP) is 4.67. The molecule has 1 aromatic carbocycles. The first kappa shape index (κ1) is 22.5. The van der Waals surface area contributed by atoms with E-state index in [4.69, 9.17) is 9.47 Å². The quantitative estimate of drug-likeness (QED) is 0.469. The highest BCUT2D eigenvalue weighted by Gasteiger charge is 2.36. The molecule has 6 nitrogen and oxygen atoms in total. The average Bonchev–Trinajstić information content (AvgIpc) is 3.40. The van der Waals surface area contributed by atoms with Gasteiger partial charge in [-0.1, -0.05) is 19.1 Å². The Bertz CT molecular complexity index is 1050. The molecule has 3 heterocycles. The van der Waals surface area contributed by atoms with Crippen LogP contribution in [-0.2, 0) is 23.9 Å². The summed E-state index contributed by atoms with van der Waals surface area (Å²) in [5.74, 6) is 0.779. The van der Waals surface area contributed by atoms with E-state index >= 15 is 0 Å². The number of hydrogen-bond acceptors (Lipinski definition) is 5. The molecule has 3 aromatic rings. The largest absolute Gasteiger partial charge is 0.491 e. The summed E-state index contributed by atoms with van der Waals surface area (Å²) in [5, 5.41) is 4.34. The second-order valence-electron chi connectivity index (χ2n) is 7.94. The van der Waals surface area contributed by atoms with Gasteiger partial charge in [-0.2, -0.15) is 18.3 Å². The van der Waals surface area contributed by atoms with E-state index in [-0.39, 0.29) is 11.7 Å². The van der Waals surface area contributed by atoms with Crippen molar-refractivity contribution in [1.82, 2.24) is 19.5 Å². The van der Waals surface area contributed by atoms with Gasteiger partial charge >= 0.3 is 6.18 Å². The van der Waals surface area contributed by atoms with Crippen LogP contribution in [0.25, 0.3) is 5.65 Å². The summed E-state index contributed by atoms with van der Waals surface area (Å²) in [6.45, 7) is 4.37. The van der Waals surface area contributed by atoms with Gasteiger partial charge < -0.3 is 9.47 Å². The first-order valence-corrected chi connectivity index (χ1v) is 10.8. The Balaban J connectivity index is 1.54. The Hall–Kier alpha value is -2.65. The number of hydrogen-bond donors (Lipinski definition) is 0. The molecular weight excluding hydrogens is 421 g/mol. The van der Waals surface area contributed by atoms with Gasteiger partial charge in [0.2, 0.25) is 0 Å². The molecule has 32 heavy (non-hydrogen) atoms. The van der Waals surface area contributed by atoms with Crippen molar-refractivity contribution < 1.29 is 22.6 Å². The monoisotopic (exact) mass is 448 g/mol. The van der Waals surface area contributed by atoms with Gasteiger partial charge in [0.1, 0.15) is 18.1 Å². The fraction of sp³-hybridized carbons (Fsp3) is 0.478. The van der Waals surface area contributed by atoms with Gasteiger partial charge in [0.05, 0.1) is 18.3 Å². The van der Waals surface area contributed by atoms with Crippen LogP contribution in [0.15, 0.2) is 36.4 Å². The third-order valence-electron chi connectivity index (χ3n) is 5.72. The Labute approximate surface area is 185 Å². The Morgan fingerprint density at radius 3 is 2.59 bits per heavy atom. The lowest BCUT2D eigenvalue weighted by Crippen LogP contribution is -2.23. The maximum atomic E-state index is 13.6. The summed E-state index contributed by atoms with van der Waals surface area (Å²) in [6, 6.07) is 10.6. The van der Waals surface area contributed by atoms with Gasteiger partial charge in [0, 0.05) is 25.4 Å². The first-order valence-electron chi connectivity index (χ1n) is 10.8. The lowest BCUT2D eigenvalue weighted by molar-refractivity contribution is -0.142. The van der Waals surface area contributed by atoms with Crippen molar-refractivity contribution in [2.45, 2.75) is 44.9 Å². The van der Waals surface area contributed by atoms with Gasteiger partial charge in [0.15, 0.2) is 5.65 Å². The number of alkyl halides is 3. The normalized spacial score (nSPS) is 17.3. The van der Waals surface area contributed by atoms with Crippen LogP contribution in [0, 0.1) is 0 Å². The third kappa shape index (κ3) is 4.88. The van der Waals surface area contributed by atoms with Crippen LogP contribution in [-0.4, -0.2) is 46.4 Å². The topological polar surface area (TPSA) is 51.9 Å². The van der Waals surface area contributed by atoms with Crippen molar-refractivity contribution in [3.05, 3.63) is 59.0 Å². The Morgan fingerprint density at radius 1 is 1.12 bits per heavy atom. The number of aryl methyl sites for hydroxylation is 1. The van der Waals surface area contributed by atoms with Crippen LogP contribution >= 0.6 is 0 Å². The summed E-state index contributed by atoms with van der Waals surface area (Å²) in [4.78, 5) is 6.63. The molecule has 0 aliphatic carbocycles. The standard InChI is InChI=1S/C23H27F3N4O2/c1-3-17-13-21(23(24,25)26)30-22(27-17)14-19(28-30)20-5-4-10-29(20)15-16-6-8-18(9-7-16)32-12-11-31-2/h6-9,13-14,20H,3-5,10-12,15H2,1-2H3. The molecule has 1 aliphatic rings. The maximum Gasteiger partial charge on any atom is 0.433 e. The minimum Gasteiger partial charge on any atom is -0.491 e. The summed E-state index contributed by atoms with van der Waals surface area (Å²) in [5.41, 5.74) is 1.62. The fourth-order valence-electron chi connectivity index (χ4n) is 4.11. The Morgan fingerprint density at radius 2 is 1.91 bits per heavy atom. The number of rotatable bonds is 8. The molecule has 0 bridgehead atoms. The molecule has 1 saturated heterocycles. The van der Waals surface area contributed by atoms with E-state index in [0.717, 1.165) is 41.3 Å². The zero-order valence-electron chi connectivity index (χ0n) is 18.2. The van der Waals surface area contributed by atoms with Gasteiger partial charge in [-0.3, -0.25) is 4.90 Å². The molecule has 1 fully saturated rings. The molecule has 0 spiro atoms. The van der Waals surface area contributed by atoms with Gasteiger partial charge in [0.25, 0.3) is 0 Å². The van der Waals surface area contributed by atoms with Crippen LogP contribution in [0.1, 0.15) is 48.5 Å². The lowest BCUT2D eigenvalue weighted by Gasteiger charge is -2.23. The first-order chi connectivity index (χ1) is 15.4. The number of halogens is 3. The summed E-state index contributed by atoms with van der Waals surface area (Å²) < 4.78 is 52.3. The average molecular weight is 448 g/mol. The van der Waals surface area contributed by atoms with E-state index in [2.05, 4.69) is 15.0 Å². The SMILES string of the molecule is CCc1cc(C(F)(F)F)n2nc(C3CCCN3Cc3ccc(OCCOC)cc3)cc2n1. The third-order valence-corrected chi connectivity index (χ3v) is 5.72. The molecule has 2 aromatic heterocycles. The molecule has 9 heteroatoms. The van der Waals surface area contributed by atoms with Crippen LogP contribution in [0.3, 0.4) is 0 Å². The number of nitrogens with zero attached hydrogens (tertiary/aromatic N) is 4. The van der Waals surface area contributed by atoms with Crippen LogP contribution in [0.5, 0.6) is 5.75 Å². The predicted molar refractivity (Wildman–Crippen MR) is 114 cm³/mol.